The quantitative estimate of drug-likeness (QED) is 0.914. The van der Waals surface area contributed by atoms with Crippen LogP contribution < -0.4 is 5.32 Å². The van der Waals surface area contributed by atoms with Crippen molar-refractivity contribution in [3.63, 3.8) is 0 Å². The van der Waals surface area contributed by atoms with E-state index in [2.05, 4.69) is 10.4 Å². The van der Waals surface area contributed by atoms with Crippen LogP contribution in [0.2, 0.25) is 0 Å². The van der Waals surface area contributed by atoms with Crippen molar-refractivity contribution in [2.45, 2.75) is 24.3 Å². The maximum absolute atomic E-state index is 11.7. The van der Waals surface area contributed by atoms with Gasteiger partial charge in [-0.3, -0.25) is 4.68 Å². The molecule has 1 aliphatic heterocycles. The van der Waals surface area contributed by atoms with Crippen molar-refractivity contribution in [2.24, 2.45) is 5.92 Å². The van der Waals surface area contributed by atoms with Gasteiger partial charge in [-0.25, -0.2) is 8.42 Å². The van der Waals surface area contributed by atoms with Gasteiger partial charge in [0, 0.05) is 24.6 Å². The highest BCUT2D eigenvalue weighted by Crippen LogP contribution is 2.25. The third-order valence-electron chi connectivity index (χ3n) is 4.37. The zero-order valence-electron chi connectivity index (χ0n) is 13.6. The minimum absolute atomic E-state index is 0.0656. The molecule has 0 aliphatic carbocycles. The van der Waals surface area contributed by atoms with Crippen LogP contribution in [0.5, 0.6) is 0 Å². The molecule has 1 N–H and O–H groups in total. The van der Waals surface area contributed by atoms with E-state index in [9.17, 15) is 13.7 Å². The highest BCUT2D eigenvalue weighted by molar-refractivity contribution is 7.90. The van der Waals surface area contributed by atoms with E-state index in [1.807, 2.05) is 16.9 Å². The Morgan fingerprint density at radius 3 is 2.75 bits per heavy atom. The van der Waals surface area contributed by atoms with E-state index in [0.717, 1.165) is 49.9 Å². The van der Waals surface area contributed by atoms with Crippen LogP contribution in [0.3, 0.4) is 0 Å². The molecule has 1 fully saturated rings. The van der Waals surface area contributed by atoms with Gasteiger partial charge >= 0.3 is 0 Å². The average Bonchev–Trinajstić information content (AvgIpc) is 3.03. The lowest BCUT2D eigenvalue weighted by Gasteiger charge is -2.22. The van der Waals surface area contributed by atoms with Crippen molar-refractivity contribution < 1.29 is 8.42 Å². The minimum Gasteiger partial charge on any atom is -0.317 e. The number of nitrogens with one attached hydrogen (secondary N) is 1. The van der Waals surface area contributed by atoms with Gasteiger partial charge in [-0.1, -0.05) is 6.07 Å². The fourth-order valence-electron chi connectivity index (χ4n) is 3.06. The lowest BCUT2D eigenvalue weighted by molar-refractivity contribution is 0.321. The minimum atomic E-state index is -3.41. The Balaban J connectivity index is 1.83. The number of rotatable bonds is 4. The third-order valence-corrected chi connectivity index (χ3v) is 5.52. The molecule has 1 aromatic heterocycles. The Bertz CT molecular complexity index is 874. The first kappa shape index (κ1) is 16.7. The molecule has 2 heterocycles. The molecule has 0 bridgehead atoms. The lowest BCUT2D eigenvalue weighted by Crippen LogP contribution is -2.29. The van der Waals surface area contributed by atoms with Crippen LogP contribution in [-0.2, 0) is 16.4 Å². The van der Waals surface area contributed by atoms with Crippen molar-refractivity contribution in [3.05, 3.63) is 36.2 Å². The zero-order chi connectivity index (χ0) is 17.2. The Hall–Kier alpha value is -2.17. The van der Waals surface area contributed by atoms with Gasteiger partial charge in [0.05, 0.1) is 16.7 Å². The number of benzene rings is 1. The smallest absolute Gasteiger partial charge is 0.176 e. The molecule has 126 valence electrons. The number of hydrogen-bond donors (Lipinski definition) is 1. The maximum atomic E-state index is 11.7. The molecule has 1 aromatic carbocycles. The van der Waals surface area contributed by atoms with E-state index < -0.39 is 9.84 Å². The highest BCUT2D eigenvalue weighted by atomic mass is 32.2. The monoisotopic (exact) mass is 344 g/mol. The molecule has 3 rings (SSSR count). The fourth-order valence-corrected chi connectivity index (χ4v) is 3.88. The van der Waals surface area contributed by atoms with E-state index in [0.29, 0.717) is 5.92 Å². The molecule has 0 saturated carbocycles. The van der Waals surface area contributed by atoms with Crippen molar-refractivity contribution in [1.82, 2.24) is 15.1 Å². The summed E-state index contributed by atoms with van der Waals surface area (Å²) in [6.07, 6.45) is 7.13. The van der Waals surface area contributed by atoms with E-state index in [4.69, 9.17) is 0 Å². The summed E-state index contributed by atoms with van der Waals surface area (Å²) in [7, 11) is -3.41. The number of piperidine rings is 1. The number of hydrogen-bond acceptors (Lipinski definition) is 5. The fraction of sp³-hybridized carbons (Fsp3) is 0.412. The van der Waals surface area contributed by atoms with Crippen LogP contribution >= 0.6 is 0 Å². The summed E-state index contributed by atoms with van der Waals surface area (Å²) >= 11 is 0. The number of nitrogens with zero attached hydrogens (tertiary/aromatic N) is 3. The molecule has 0 atom stereocenters. The molecular weight excluding hydrogens is 324 g/mol. The second kappa shape index (κ2) is 6.75. The molecule has 2 aromatic rings. The van der Waals surface area contributed by atoms with Gasteiger partial charge in [0.15, 0.2) is 9.84 Å². The summed E-state index contributed by atoms with van der Waals surface area (Å²) in [6, 6.07) is 6.80. The SMILES string of the molecule is CS(=O)(=O)c1ccc(-c2cnn(CC3CCNCC3)c2)cc1C#N. The van der Waals surface area contributed by atoms with Gasteiger partial charge in [0.1, 0.15) is 6.07 Å². The first-order chi connectivity index (χ1) is 11.5. The van der Waals surface area contributed by atoms with E-state index in [-0.39, 0.29) is 10.5 Å². The van der Waals surface area contributed by atoms with Crippen LogP contribution in [0.25, 0.3) is 11.1 Å². The normalized spacial score (nSPS) is 16.0. The molecule has 0 spiro atoms. The number of aromatic nitrogens is 2. The summed E-state index contributed by atoms with van der Waals surface area (Å²) in [6.45, 7) is 2.99. The second-order valence-electron chi connectivity index (χ2n) is 6.24. The van der Waals surface area contributed by atoms with Crippen molar-refractivity contribution >= 4 is 9.84 Å². The molecule has 0 amide bonds. The first-order valence-electron chi connectivity index (χ1n) is 7.95. The number of sulfone groups is 1. The van der Waals surface area contributed by atoms with Gasteiger partial charge in [-0.05, 0) is 49.5 Å². The lowest BCUT2D eigenvalue weighted by atomic mass is 9.98. The zero-order valence-corrected chi connectivity index (χ0v) is 14.4. The van der Waals surface area contributed by atoms with Crippen LogP contribution in [0.1, 0.15) is 18.4 Å². The molecule has 24 heavy (non-hydrogen) atoms. The molecule has 6 nitrogen and oxygen atoms in total. The Morgan fingerprint density at radius 1 is 1.33 bits per heavy atom. The molecular formula is C17H20N4O2S. The summed E-state index contributed by atoms with van der Waals surface area (Å²) in [4.78, 5) is 0.0656. The number of nitriles is 1. The summed E-state index contributed by atoms with van der Waals surface area (Å²) < 4.78 is 25.4. The predicted octanol–water partition coefficient (Wildman–Crippen LogP) is 1.82. The van der Waals surface area contributed by atoms with Gasteiger partial charge in [0.2, 0.25) is 0 Å². The molecule has 0 radical (unpaired) electrons. The molecule has 1 saturated heterocycles. The summed E-state index contributed by atoms with van der Waals surface area (Å²) in [5.74, 6) is 0.626. The second-order valence-corrected chi connectivity index (χ2v) is 8.22. The molecule has 7 heteroatoms. The Kier molecular flexibility index (Phi) is 4.69. The van der Waals surface area contributed by atoms with Crippen LogP contribution in [0.4, 0.5) is 0 Å². The predicted molar refractivity (Wildman–Crippen MR) is 91.1 cm³/mol. The van der Waals surface area contributed by atoms with Crippen LogP contribution in [0, 0.1) is 17.2 Å². The van der Waals surface area contributed by atoms with Gasteiger partial charge in [-0.2, -0.15) is 10.4 Å². The summed E-state index contributed by atoms with van der Waals surface area (Å²) in [5, 5.41) is 17.0. The topological polar surface area (TPSA) is 87.8 Å². The summed E-state index contributed by atoms with van der Waals surface area (Å²) in [5.41, 5.74) is 1.86. The van der Waals surface area contributed by atoms with Crippen LogP contribution in [0.15, 0.2) is 35.5 Å². The Labute approximate surface area is 142 Å². The Morgan fingerprint density at radius 2 is 2.08 bits per heavy atom. The first-order valence-corrected chi connectivity index (χ1v) is 9.84. The largest absolute Gasteiger partial charge is 0.317 e. The van der Waals surface area contributed by atoms with Gasteiger partial charge in [-0.15, -0.1) is 0 Å². The van der Waals surface area contributed by atoms with Crippen molar-refractivity contribution in [1.29, 1.82) is 5.26 Å². The average molecular weight is 344 g/mol. The van der Waals surface area contributed by atoms with Crippen molar-refractivity contribution in [3.8, 4) is 17.2 Å². The van der Waals surface area contributed by atoms with Crippen molar-refractivity contribution in [2.75, 3.05) is 19.3 Å². The van der Waals surface area contributed by atoms with Gasteiger partial charge < -0.3 is 5.32 Å². The third kappa shape index (κ3) is 3.66. The van der Waals surface area contributed by atoms with E-state index in [1.165, 1.54) is 6.07 Å². The van der Waals surface area contributed by atoms with Gasteiger partial charge in [0.25, 0.3) is 0 Å². The molecule has 1 aliphatic rings. The molecule has 0 unspecified atom stereocenters. The van der Waals surface area contributed by atoms with E-state index >= 15 is 0 Å². The highest BCUT2D eigenvalue weighted by Gasteiger charge is 2.16. The van der Waals surface area contributed by atoms with Crippen LogP contribution in [-0.4, -0.2) is 37.5 Å². The van der Waals surface area contributed by atoms with E-state index in [1.54, 1.807) is 18.3 Å². The standard InChI is InChI=1S/C17H20N4O2S/c1-24(22,23)17-3-2-14(8-15(17)9-18)16-10-20-21(12-16)11-13-4-6-19-7-5-13/h2-3,8,10,12-13,19H,4-7,11H2,1H3. The maximum Gasteiger partial charge on any atom is 0.176 e.